The van der Waals surface area contributed by atoms with Crippen LogP contribution >= 0.6 is 11.8 Å². The molecule has 0 amide bonds. The van der Waals surface area contributed by atoms with Gasteiger partial charge in [-0.05, 0) is 31.2 Å². The van der Waals surface area contributed by atoms with Crippen molar-refractivity contribution in [2.24, 2.45) is 7.05 Å². The minimum atomic E-state index is 0.540. The van der Waals surface area contributed by atoms with Gasteiger partial charge >= 0.3 is 0 Å². The van der Waals surface area contributed by atoms with Crippen molar-refractivity contribution in [1.82, 2.24) is 15.1 Å². The Balaban J connectivity index is 1.83. The van der Waals surface area contributed by atoms with Crippen molar-refractivity contribution in [3.05, 3.63) is 30.0 Å². The molecule has 4 heteroatoms. The molecule has 2 atom stereocenters. The Bertz CT molecular complexity index is 587. The Kier molecular flexibility index (Phi) is 4.86. The molecule has 0 saturated carbocycles. The minimum absolute atomic E-state index is 0.540. The van der Waals surface area contributed by atoms with Crippen LogP contribution in [0.15, 0.2) is 24.3 Å². The number of thioether (sulfide) groups is 1. The maximum atomic E-state index is 4.77. The Morgan fingerprint density at radius 1 is 1.38 bits per heavy atom. The van der Waals surface area contributed by atoms with E-state index in [2.05, 4.69) is 48.3 Å². The minimum Gasteiger partial charge on any atom is -0.313 e. The van der Waals surface area contributed by atoms with Crippen LogP contribution in [0.3, 0.4) is 0 Å². The third-order valence-electron chi connectivity index (χ3n) is 4.38. The molecule has 2 aromatic rings. The quantitative estimate of drug-likeness (QED) is 0.918. The van der Waals surface area contributed by atoms with Gasteiger partial charge in [-0.15, -0.1) is 0 Å². The molecular weight excluding hydrogens is 278 g/mol. The second-order valence-corrected chi connectivity index (χ2v) is 7.21. The highest BCUT2D eigenvalue weighted by molar-refractivity contribution is 8.00. The van der Waals surface area contributed by atoms with E-state index in [0.29, 0.717) is 6.04 Å². The average molecular weight is 303 g/mol. The van der Waals surface area contributed by atoms with Gasteiger partial charge in [-0.2, -0.15) is 16.9 Å². The van der Waals surface area contributed by atoms with Gasteiger partial charge in [0, 0.05) is 30.1 Å². The molecule has 3 nitrogen and oxygen atoms in total. The SMILES string of the molecule is CCNC(Cc1nn(C)c2ccccc12)C1CCCCS1. The summed E-state index contributed by atoms with van der Waals surface area (Å²) < 4.78 is 2.02. The maximum Gasteiger partial charge on any atom is 0.0719 e. The lowest BCUT2D eigenvalue weighted by Gasteiger charge is -2.30. The van der Waals surface area contributed by atoms with E-state index in [9.17, 15) is 0 Å². The van der Waals surface area contributed by atoms with Crippen LogP contribution in [0.1, 0.15) is 31.9 Å². The van der Waals surface area contributed by atoms with Gasteiger partial charge in [0.25, 0.3) is 0 Å². The monoisotopic (exact) mass is 303 g/mol. The largest absolute Gasteiger partial charge is 0.313 e. The van der Waals surface area contributed by atoms with Crippen LogP contribution in [0.5, 0.6) is 0 Å². The first-order valence-electron chi connectivity index (χ1n) is 8.05. The van der Waals surface area contributed by atoms with E-state index in [1.807, 2.05) is 11.7 Å². The van der Waals surface area contributed by atoms with Crippen LogP contribution in [-0.2, 0) is 13.5 Å². The molecule has 0 bridgehead atoms. The van der Waals surface area contributed by atoms with Crippen LogP contribution < -0.4 is 5.32 Å². The highest BCUT2D eigenvalue weighted by Crippen LogP contribution is 2.30. The summed E-state index contributed by atoms with van der Waals surface area (Å²) in [7, 11) is 2.05. The number of likely N-dealkylation sites (N-methyl/N-ethyl adjacent to an activating group) is 1. The van der Waals surface area contributed by atoms with Crippen molar-refractivity contribution in [2.45, 2.75) is 43.9 Å². The smallest absolute Gasteiger partial charge is 0.0719 e. The third kappa shape index (κ3) is 3.27. The van der Waals surface area contributed by atoms with Crippen LogP contribution in [0.25, 0.3) is 10.9 Å². The normalized spacial score (nSPS) is 20.8. The lowest BCUT2D eigenvalue weighted by atomic mass is 10.0. The second kappa shape index (κ2) is 6.84. The molecule has 0 radical (unpaired) electrons. The molecule has 21 heavy (non-hydrogen) atoms. The first-order valence-corrected chi connectivity index (χ1v) is 9.10. The number of nitrogens with one attached hydrogen (secondary N) is 1. The van der Waals surface area contributed by atoms with Crippen molar-refractivity contribution < 1.29 is 0 Å². The van der Waals surface area contributed by atoms with Gasteiger partial charge in [0.15, 0.2) is 0 Å². The molecule has 114 valence electrons. The first kappa shape index (κ1) is 14.9. The molecule has 1 aromatic heterocycles. The van der Waals surface area contributed by atoms with E-state index in [1.54, 1.807) is 0 Å². The van der Waals surface area contributed by atoms with Gasteiger partial charge in [0.2, 0.25) is 0 Å². The third-order valence-corrected chi connectivity index (χ3v) is 5.89. The van der Waals surface area contributed by atoms with E-state index >= 15 is 0 Å². The number of para-hydroxylation sites is 1. The lowest BCUT2D eigenvalue weighted by molar-refractivity contribution is 0.468. The Hall–Kier alpha value is -1.00. The molecule has 1 N–H and O–H groups in total. The molecular formula is C17H25N3S. The number of benzene rings is 1. The number of aromatic nitrogens is 2. The number of hydrogen-bond acceptors (Lipinski definition) is 3. The molecule has 2 unspecified atom stereocenters. The summed E-state index contributed by atoms with van der Waals surface area (Å²) in [6.45, 7) is 3.24. The fraction of sp³-hybridized carbons (Fsp3) is 0.588. The van der Waals surface area contributed by atoms with Gasteiger partial charge in [0.1, 0.15) is 0 Å². The molecule has 0 spiro atoms. The van der Waals surface area contributed by atoms with Gasteiger partial charge < -0.3 is 5.32 Å². The highest BCUT2D eigenvalue weighted by Gasteiger charge is 2.25. The van der Waals surface area contributed by atoms with Crippen molar-refractivity contribution >= 4 is 22.7 Å². The van der Waals surface area contributed by atoms with Crippen LogP contribution in [-0.4, -0.2) is 33.4 Å². The zero-order valence-corrected chi connectivity index (χ0v) is 13.8. The van der Waals surface area contributed by atoms with E-state index in [1.165, 1.54) is 41.6 Å². The van der Waals surface area contributed by atoms with Crippen LogP contribution in [0, 0.1) is 0 Å². The summed E-state index contributed by atoms with van der Waals surface area (Å²) in [5, 5.41) is 10.5. The molecule has 1 fully saturated rings. The average Bonchev–Trinajstić information content (AvgIpc) is 2.85. The summed E-state index contributed by atoms with van der Waals surface area (Å²) in [5.74, 6) is 1.32. The van der Waals surface area contributed by atoms with Crippen LogP contribution in [0.2, 0.25) is 0 Å². The molecule has 0 aliphatic carbocycles. The zero-order chi connectivity index (χ0) is 14.7. The fourth-order valence-electron chi connectivity index (χ4n) is 3.33. The number of hydrogen-bond donors (Lipinski definition) is 1. The Morgan fingerprint density at radius 3 is 3.00 bits per heavy atom. The second-order valence-electron chi connectivity index (χ2n) is 5.86. The van der Waals surface area contributed by atoms with E-state index in [4.69, 9.17) is 5.10 Å². The van der Waals surface area contributed by atoms with E-state index < -0.39 is 0 Å². The van der Waals surface area contributed by atoms with Gasteiger partial charge in [-0.1, -0.05) is 31.5 Å². The van der Waals surface area contributed by atoms with E-state index in [-0.39, 0.29) is 0 Å². The summed E-state index contributed by atoms with van der Waals surface area (Å²) in [4.78, 5) is 0. The highest BCUT2D eigenvalue weighted by atomic mass is 32.2. The first-order chi connectivity index (χ1) is 10.3. The van der Waals surface area contributed by atoms with Crippen molar-refractivity contribution in [3.8, 4) is 0 Å². The van der Waals surface area contributed by atoms with Gasteiger partial charge in [-0.3, -0.25) is 4.68 Å². The number of nitrogens with zero attached hydrogens (tertiary/aromatic N) is 2. The van der Waals surface area contributed by atoms with Crippen molar-refractivity contribution in [2.75, 3.05) is 12.3 Å². The van der Waals surface area contributed by atoms with Crippen molar-refractivity contribution in [1.29, 1.82) is 0 Å². The van der Waals surface area contributed by atoms with Crippen molar-refractivity contribution in [3.63, 3.8) is 0 Å². The maximum absolute atomic E-state index is 4.77. The molecule has 3 rings (SSSR count). The molecule has 1 saturated heterocycles. The van der Waals surface area contributed by atoms with Gasteiger partial charge in [0.05, 0.1) is 11.2 Å². The van der Waals surface area contributed by atoms with E-state index in [0.717, 1.165) is 18.2 Å². The topological polar surface area (TPSA) is 29.9 Å². The summed E-state index contributed by atoms with van der Waals surface area (Å²) in [6.07, 6.45) is 5.13. The molecule has 1 aromatic carbocycles. The number of fused-ring (bicyclic) bond motifs is 1. The summed E-state index contributed by atoms with van der Waals surface area (Å²) >= 11 is 2.15. The Morgan fingerprint density at radius 2 is 2.24 bits per heavy atom. The lowest BCUT2D eigenvalue weighted by Crippen LogP contribution is -2.41. The molecule has 2 heterocycles. The predicted molar refractivity (Wildman–Crippen MR) is 92.0 cm³/mol. The summed E-state index contributed by atoms with van der Waals surface area (Å²) in [5.41, 5.74) is 2.48. The fourth-order valence-corrected chi connectivity index (χ4v) is 4.76. The molecule has 1 aliphatic heterocycles. The van der Waals surface area contributed by atoms with Crippen LogP contribution in [0.4, 0.5) is 0 Å². The molecule has 1 aliphatic rings. The number of aryl methyl sites for hydroxylation is 1. The standard InChI is InChI=1S/C17H25N3S/c1-3-18-15(17-10-6-7-11-21-17)12-14-13-8-4-5-9-16(13)20(2)19-14/h4-5,8-9,15,17-18H,3,6-7,10-12H2,1-2H3. The summed E-state index contributed by atoms with van der Waals surface area (Å²) in [6, 6.07) is 9.11. The predicted octanol–water partition coefficient (Wildman–Crippen LogP) is 3.38. The zero-order valence-electron chi connectivity index (χ0n) is 13.0. The Labute approximate surface area is 131 Å². The number of rotatable bonds is 5. The van der Waals surface area contributed by atoms with Gasteiger partial charge in [-0.25, -0.2) is 0 Å².